The fraction of sp³-hybridized carbons (Fsp3) is 0.611. The molecule has 24 heavy (non-hydrogen) atoms. The van der Waals surface area contributed by atoms with E-state index < -0.39 is 0 Å². The van der Waals surface area contributed by atoms with Gasteiger partial charge in [-0.3, -0.25) is 4.99 Å². The molecule has 2 rings (SSSR count). The SMILES string of the molecule is CCNC(=NCCOCc1ccccc1)NC1CCC(SC)C1.I. The number of nitrogens with zero attached hydrogens (tertiary/aromatic N) is 1. The number of guanidine groups is 1. The summed E-state index contributed by atoms with van der Waals surface area (Å²) in [5.74, 6) is 0.919. The maximum absolute atomic E-state index is 5.69. The van der Waals surface area contributed by atoms with E-state index in [1.165, 1.54) is 24.8 Å². The Morgan fingerprint density at radius 2 is 2.08 bits per heavy atom. The Morgan fingerprint density at radius 1 is 1.29 bits per heavy atom. The topological polar surface area (TPSA) is 45.7 Å². The van der Waals surface area contributed by atoms with Gasteiger partial charge in [-0.05, 0) is 38.0 Å². The van der Waals surface area contributed by atoms with Gasteiger partial charge in [-0.15, -0.1) is 24.0 Å². The van der Waals surface area contributed by atoms with Crippen LogP contribution in [0.25, 0.3) is 0 Å². The smallest absolute Gasteiger partial charge is 0.191 e. The fourth-order valence-electron chi connectivity index (χ4n) is 2.78. The Hall–Kier alpha value is -0.470. The third-order valence-corrected chi connectivity index (χ3v) is 5.11. The summed E-state index contributed by atoms with van der Waals surface area (Å²) in [6, 6.07) is 10.8. The second-order valence-electron chi connectivity index (χ2n) is 5.81. The minimum atomic E-state index is 0. The molecule has 2 N–H and O–H groups in total. The first-order valence-electron chi connectivity index (χ1n) is 8.51. The maximum Gasteiger partial charge on any atom is 0.191 e. The number of halogens is 1. The number of thioether (sulfide) groups is 1. The van der Waals surface area contributed by atoms with Crippen molar-refractivity contribution in [2.24, 2.45) is 4.99 Å². The molecule has 0 spiro atoms. The minimum Gasteiger partial charge on any atom is -0.375 e. The average Bonchev–Trinajstić information content (AvgIpc) is 3.03. The molecule has 1 aliphatic rings. The molecule has 0 aromatic heterocycles. The van der Waals surface area contributed by atoms with Crippen molar-refractivity contribution in [2.75, 3.05) is 26.0 Å². The van der Waals surface area contributed by atoms with Crippen LogP contribution in [-0.2, 0) is 11.3 Å². The Balaban J connectivity index is 0.00000288. The van der Waals surface area contributed by atoms with Crippen molar-refractivity contribution in [2.45, 2.75) is 44.1 Å². The van der Waals surface area contributed by atoms with E-state index >= 15 is 0 Å². The van der Waals surface area contributed by atoms with Gasteiger partial charge in [-0.1, -0.05) is 30.3 Å². The Bertz CT molecular complexity index is 473. The summed E-state index contributed by atoms with van der Waals surface area (Å²) in [6.07, 6.45) is 5.98. The summed E-state index contributed by atoms with van der Waals surface area (Å²) < 4.78 is 5.69. The number of aliphatic imine (C=N–C) groups is 1. The molecule has 0 saturated heterocycles. The third kappa shape index (κ3) is 8.07. The van der Waals surface area contributed by atoms with Gasteiger partial charge in [0.1, 0.15) is 0 Å². The zero-order valence-electron chi connectivity index (χ0n) is 14.7. The molecular formula is C18H30IN3OS. The predicted octanol–water partition coefficient (Wildman–Crippen LogP) is 3.66. The Labute approximate surface area is 167 Å². The normalized spacial score (nSPS) is 20.5. The van der Waals surface area contributed by atoms with E-state index in [0.29, 0.717) is 25.8 Å². The Kier molecular flexibility index (Phi) is 11.5. The van der Waals surface area contributed by atoms with Crippen molar-refractivity contribution >= 4 is 41.7 Å². The van der Waals surface area contributed by atoms with Crippen molar-refractivity contribution in [1.29, 1.82) is 0 Å². The van der Waals surface area contributed by atoms with Crippen LogP contribution < -0.4 is 10.6 Å². The standard InChI is InChI=1S/C18H29N3OS.HI/c1-3-19-18(21-16-9-10-17(13-16)23-2)20-11-12-22-14-15-7-5-4-6-8-15;/h4-8,16-17H,3,9-14H2,1-2H3,(H2,19,20,21);1H. The molecule has 136 valence electrons. The highest BCUT2D eigenvalue weighted by Gasteiger charge is 2.24. The summed E-state index contributed by atoms with van der Waals surface area (Å²) in [7, 11) is 0. The molecule has 0 radical (unpaired) electrons. The van der Waals surface area contributed by atoms with E-state index in [4.69, 9.17) is 4.74 Å². The van der Waals surface area contributed by atoms with Crippen LogP contribution in [0.5, 0.6) is 0 Å². The lowest BCUT2D eigenvalue weighted by atomic mass is 10.2. The maximum atomic E-state index is 5.69. The highest BCUT2D eigenvalue weighted by molar-refractivity contribution is 14.0. The van der Waals surface area contributed by atoms with E-state index in [0.717, 1.165) is 17.8 Å². The van der Waals surface area contributed by atoms with Gasteiger partial charge in [0, 0.05) is 17.8 Å². The summed E-state index contributed by atoms with van der Waals surface area (Å²) >= 11 is 1.98. The molecule has 6 heteroatoms. The Morgan fingerprint density at radius 3 is 2.75 bits per heavy atom. The second-order valence-corrected chi connectivity index (χ2v) is 6.95. The van der Waals surface area contributed by atoms with Crippen molar-refractivity contribution < 1.29 is 4.74 Å². The van der Waals surface area contributed by atoms with E-state index in [9.17, 15) is 0 Å². The highest BCUT2D eigenvalue weighted by Crippen LogP contribution is 2.27. The van der Waals surface area contributed by atoms with Crippen LogP contribution in [0.4, 0.5) is 0 Å². The van der Waals surface area contributed by atoms with Gasteiger partial charge in [0.05, 0.1) is 19.8 Å². The molecular weight excluding hydrogens is 433 g/mol. The first-order chi connectivity index (χ1) is 11.3. The monoisotopic (exact) mass is 463 g/mol. The number of ether oxygens (including phenoxy) is 1. The van der Waals surface area contributed by atoms with E-state index in [1.54, 1.807) is 0 Å². The van der Waals surface area contributed by atoms with Gasteiger partial charge >= 0.3 is 0 Å². The van der Waals surface area contributed by atoms with Gasteiger partial charge in [0.15, 0.2) is 5.96 Å². The van der Waals surface area contributed by atoms with Crippen molar-refractivity contribution in [3.63, 3.8) is 0 Å². The molecule has 2 unspecified atom stereocenters. The molecule has 1 aliphatic carbocycles. The average molecular weight is 463 g/mol. The minimum absolute atomic E-state index is 0. The van der Waals surface area contributed by atoms with Crippen LogP contribution >= 0.6 is 35.7 Å². The van der Waals surface area contributed by atoms with Gasteiger partial charge in [-0.25, -0.2) is 0 Å². The van der Waals surface area contributed by atoms with Crippen molar-refractivity contribution in [3.8, 4) is 0 Å². The van der Waals surface area contributed by atoms with E-state index in [2.05, 4.69) is 40.9 Å². The van der Waals surface area contributed by atoms with Crippen LogP contribution in [0.1, 0.15) is 31.7 Å². The first-order valence-corrected chi connectivity index (χ1v) is 9.80. The molecule has 4 nitrogen and oxygen atoms in total. The molecule has 2 atom stereocenters. The summed E-state index contributed by atoms with van der Waals surface area (Å²) in [6.45, 7) is 4.96. The van der Waals surface area contributed by atoms with Gasteiger partial charge in [0.25, 0.3) is 0 Å². The lowest BCUT2D eigenvalue weighted by Crippen LogP contribution is -2.42. The van der Waals surface area contributed by atoms with Gasteiger partial charge < -0.3 is 15.4 Å². The zero-order valence-corrected chi connectivity index (χ0v) is 17.8. The number of hydrogen-bond donors (Lipinski definition) is 2. The summed E-state index contributed by atoms with van der Waals surface area (Å²) in [5.41, 5.74) is 1.20. The molecule has 0 aliphatic heterocycles. The molecule has 0 heterocycles. The number of benzene rings is 1. The van der Waals surface area contributed by atoms with E-state index in [1.807, 2.05) is 30.0 Å². The zero-order chi connectivity index (χ0) is 16.3. The van der Waals surface area contributed by atoms with Gasteiger partial charge in [-0.2, -0.15) is 11.8 Å². The van der Waals surface area contributed by atoms with Crippen LogP contribution in [0, 0.1) is 0 Å². The molecule has 0 amide bonds. The largest absolute Gasteiger partial charge is 0.375 e. The third-order valence-electron chi connectivity index (χ3n) is 4.02. The highest BCUT2D eigenvalue weighted by atomic mass is 127. The van der Waals surface area contributed by atoms with Crippen LogP contribution in [0.2, 0.25) is 0 Å². The first kappa shape index (κ1) is 21.6. The lowest BCUT2D eigenvalue weighted by molar-refractivity contribution is 0.128. The lowest BCUT2D eigenvalue weighted by Gasteiger charge is -2.17. The number of hydrogen-bond acceptors (Lipinski definition) is 3. The summed E-state index contributed by atoms with van der Waals surface area (Å²) in [5, 5.41) is 7.68. The van der Waals surface area contributed by atoms with Crippen LogP contribution in [0.3, 0.4) is 0 Å². The quantitative estimate of drug-likeness (QED) is 0.267. The van der Waals surface area contributed by atoms with Crippen LogP contribution in [0.15, 0.2) is 35.3 Å². The van der Waals surface area contributed by atoms with Crippen molar-refractivity contribution in [3.05, 3.63) is 35.9 Å². The number of nitrogens with one attached hydrogen (secondary N) is 2. The van der Waals surface area contributed by atoms with Crippen LogP contribution in [-0.4, -0.2) is 43.2 Å². The molecule has 1 saturated carbocycles. The summed E-state index contributed by atoms with van der Waals surface area (Å²) in [4.78, 5) is 4.62. The molecule has 1 aromatic carbocycles. The second kappa shape index (κ2) is 12.8. The van der Waals surface area contributed by atoms with Gasteiger partial charge in [0.2, 0.25) is 0 Å². The predicted molar refractivity (Wildman–Crippen MR) is 116 cm³/mol. The van der Waals surface area contributed by atoms with E-state index in [-0.39, 0.29) is 24.0 Å². The molecule has 0 bridgehead atoms. The molecule has 1 fully saturated rings. The molecule has 1 aromatic rings. The number of rotatable bonds is 8. The fourth-order valence-corrected chi connectivity index (χ4v) is 3.58. The van der Waals surface area contributed by atoms with Crippen molar-refractivity contribution in [1.82, 2.24) is 10.6 Å².